The highest BCUT2D eigenvalue weighted by Gasteiger charge is 2.29. The zero-order chi connectivity index (χ0) is 18.8. The molecule has 1 saturated carbocycles. The van der Waals surface area contributed by atoms with Crippen LogP contribution in [0.4, 0.5) is 4.70 Å². The third kappa shape index (κ3) is 9.12. The van der Waals surface area contributed by atoms with E-state index < -0.39 is 15.9 Å². The Morgan fingerprint density at radius 2 is 1.22 bits per heavy atom. The molecule has 1 fully saturated rings. The van der Waals surface area contributed by atoms with Gasteiger partial charge in [-0.05, 0) is 37.1 Å². The highest BCUT2D eigenvalue weighted by molar-refractivity contribution is 7.52. The normalized spacial score (nSPS) is 14.1. The molecule has 6 nitrogen and oxygen atoms in total. The van der Waals surface area contributed by atoms with Crippen LogP contribution in [0.1, 0.15) is 32.1 Å². The summed E-state index contributed by atoms with van der Waals surface area (Å²) in [6.45, 7) is 0. The van der Waals surface area contributed by atoms with Crippen LogP contribution in [-0.4, -0.2) is 15.4 Å². The molecule has 0 saturated heterocycles. The summed E-state index contributed by atoms with van der Waals surface area (Å²) in [5.74, 6) is 1.05. The van der Waals surface area contributed by atoms with E-state index in [0.717, 1.165) is 19.3 Å². The monoisotopic (exact) mass is 417 g/mol. The van der Waals surface area contributed by atoms with Crippen LogP contribution in [-0.2, 0) is 9.13 Å². The molecule has 9 heteroatoms. The Labute approximate surface area is 159 Å². The summed E-state index contributed by atoms with van der Waals surface area (Å²) in [5, 5.41) is 0. The molecule has 0 spiro atoms. The van der Waals surface area contributed by atoms with Gasteiger partial charge in [-0.15, -0.1) is 0 Å². The topological polar surface area (TPSA) is 93.1 Å². The van der Waals surface area contributed by atoms with E-state index in [9.17, 15) is 9.13 Å². The zero-order valence-corrected chi connectivity index (χ0v) is 16.5. The third-order valence-corrected chi connectivity index (χ3v) is 6.08. The number of hydrogen-bond donors (Lipinski definition) is 2. The number of rotatable bonds is 5. The molecule has 0 amide bonds. The maximum Gasteiger partial charge on any atom is 0.805 e. The lowest BCUT2D eigenvalue weighted by Crippen LogP contribution is -2.12. The minimum Gasteiger partial charge on any atom is -0.324 e. The van der Waals surface area contributed by atoms with Gasteiger partial charge in [-0.25, -0.2) is 9.05 Å². The van der Waals surface area contributed by atoms with Gasteiger partial charge in [0.1, 0.15) is 0 Å². The van der Waals surface area contributed by atoms with Crippen LogP contribution in [0, 0.1) is 0 Å². The molecule has 27 heavy (non-hydrogen) atoms. The van der Waals surface area contributed by atoms with Crippen LogP contribution in [0.25, 0.3) is 0 Å². The van der Waals surface area contributed by atoms with E-state index in [4.69, 9.17) is 18.8 Å². The van der Waals surface area contributed by atoms with Crippen molar-refractivity contribution >= 4 is 15.9 Å². The minimum atomic E-state index is -3.74. The van der Waals surface area contributed by atoms with Crippen LogP contribution >= 0.6 is 15.9 Å². The summed E-state index contributed by atoms with van der Waals surface area (Å²) in [4.78, 5) is 17.5. The molecule has 1 aliphatic rings. The summed E-state index contributed by atoms with van der Waals surface area (Å²) < 4.78 is 32.4. The Bertz CT molecular complexity index is 674. The Morgan fingerprint density at radius 1 is 0.815 bits per heavy atom. The quantitative estimate of drug-likeness (QED) is 0.629. The maximum absolute atomic E-state index is 11.5. The van der Waals surface area contributed by atoms with E-state index in [1.165, 1.54) is 0 Å². The summed E-state index contributed by atoms with van der Waals surface area (Å²) in [7, 11) is -5.92. The van der Waals surface area contributed by atoms with Crippen molar-refractivity contribution in [2.75, 3.05) is 0 Å². The van der Waals surface area contributed by atoms with E-state index in [1.54, 1.807) is 48.5 Å². The van der Waals surface area contributed by atoms with Crippen molar-refractivity contribution in [3.05, 3.63) is 60.7 Å². The van der Waals surface area contributed by atoms with Gasteiger partial charge in [-0.3, -0.25) is 9.27 Å². The van der Waals surface area contributed by atoms with Gasteiger partial charge in [0.25, 0.3) is 0 Å². The van der Waals surface area contributed by atoms with E-state index in [0.29, 0.717) is 24.3 Å². The average Bonchev–Trinajstić information content (AvgIpc) is 2.64. The smallest absolute Gasteiger partial charge is 0.324 e. The number of benzene rings is 2. The van der Waals surface area contributed by atoms with Crippen LogP contribution in [0.15, 0.2) is 60.7 Å². The molecule has 0 unspecified atom stereocenters. The van der Waals surface area contributed by atoms with E-state index in [2.05, 4.69) is 0 Å². The van der Waals surface area contributed by atoms with Gasteiger partial charge in [0.05, 0.1) is 5.66 Å². The molecule has 148 valence electrons. The fourth-order valence-electron chi connectivity index (χ4n) is 2.57. The van der Waals surface area contributed by atoms with Crippen molar-refractivity contribution < 1.29 is 32.7 Å². The first-order chi connectivity index (χ1) is 12.4. The van der Waals surface area contributed by atoms with Gasteiger partial charge >= 0.3 is 15.9 Å². The number of halogens is 1. The first-order valence-corrected chi connectivity index (χ1v) is 11.2. The van der Waals surface area contributed by atoms with Gasteiger partial charge in [0.2, 0.25) is 0 Å². The van der Waals surface area contributed by atoms with Crippen molar-refractivity contribution in [2.24, 2.45) is 0 Å². The molecule has 0 aliphatic heterocycles. The highest BCUT2D eigenvalue weighted by atomic mass is 31.2. The lowest BCUT2D eigenvalue weighted by Gasteiger charge is -2.21. The second-order valence-electron chi connectivity index (χ2n) is 5.91. The third-order valence-electron chi connectivity index (χ3n) is 3.90. The van der Waals surface area contributed by atoms with E-state index in [1.807, 2.05) is 12.1 Å². The zero-order valence-electron chi connectivity index (χ0n) is 14.7. The lowest BCUT2D eigenvalue weighted by molar-refractivity contribution is 0.337. The van der Waals surface area contributed by atoms with Crippen LogP contribution in [0.5, 0.6) is 11.5 Å². The molecule has 2 aromatic rings. The highest BCUT2D eigenvalue weighted by Crippen LogP contribution is 2.47. The first kappa shape index (κ1) is 23.3. The molecule has 0 bridgehead atoms. The Hall–Kier alpha value is -1.78. The lowest BCUT2D eigenvalue weighted by atomic mass is 10.0. The van der Waals surface area contributed by atoms with Crippen LogP contribution in [0.2, 0.25) is 0 Å². The summed E-state index contributed by atoms with van der Waals surface area (Å²) >= 11 is 0. The van der Waals surface area contributed by atoms with Gasteiger partial charge in [0, 0.05) is 4.57 Å². The summed E-state index contributed by atoms with van der Waals surface area (Å²) in [5.41, 5.74) is -0.332. The average molecular weight is 417 g/mol. The molecular formula is C18H24FO6P2+. The molecule has 1 aliphatic carbocycles. The standard InChI is InChI=1S/C12H10O3P.C6H13O3P.FH/c13-16(14-11-7-3-1-4-8-11)15-12-9-5-2-6-10-12;7-10(8,9)6-4-2-1-3-5-6;/h1-10H;6H,1-5H2,(H2,7,8,9);1H/q+1;;. The molecule has 2 N–H and O–H groups in total. The first-order valence-electron chi connectivity index (χ1n) is 8.43. The van der Waals surface area contributed by atoms with Crippen molar-refractivity contribution in [1.82, 2.24) is 0 Å². The van der Waals surface area contributed by atoms with Crippen LogP contribution < -0.4 is 9.05 Å². The maximum atomic E-state index is 11.5. The SMILES string of the molecule is F.O=P(O)(O)C1CCCCC1.O=[P+](Oc1ccccc1)Oc1ccccc1. The van der Waals surface area contributed by atoms with Crippen LogP contribution in [0.3, 0.4) is 0 Å². The summed E-state index contributed by atoms with van der Waals surface area (Å²) in [6, 6.07) is 17.8. The van der Waals surface area contributed by atoms with Crippen molar-refractivity contribution in [1.29, 1.82) is 0 Å². The van der Waals surface area contributed by atoms with Gasteiger partial charge in [-0.2, -0.15) is 0 Å². The Kier molecular flexibility index (Phi) is 10.2. The fourth-order valence-corrected chi connectivity index (χ4v) is 4.23. The fraction of sp³-hybridized carbons (Fsp3) is 0.333. The summed E-state index contributed by atoms with van der Waals surface area (Å²) in [6.07, 6.45) is 4.52. The second-order valence-corrected chi connectivity index (χ2v) is 8.63. The van der Waals surface area contributed by atoms with Gasteiger partial charge in [-0.1, -0.05) is 55.7 Å². The van der Waals surface area contributed by atoms with Crippen molar-refractivity contribution in [3.8, 4) is 11.5 Å². The molecule has 2 aromatic carbocycles. The predicted octanol–water partition coefficient (Wildman–Crippen LogP) is 5.45. The van der Waals surface area contributed by atoms with E-state index >= 15 is 0 Å². The second kappa shape index (κ2) is 11.8. The van der Waals surface area contributed by atoms with Crippen molar-refractivity contribution in [2.45, 2.75) is 37.8 Å². The molecule has 0 radical (unpaired) electrons. The molecule has 0 heterocycles. The van der Waals surface area contributed by atoms with E-state index in [-0.39, 0.29) is 10.4 Å². The predicted molar refractivity (Wildman–Crippen MR) is 103 cm³/mol. The molecule has 0 aromatic heterocycles. The number of hydrogen-bond acceptors (Lipinski definition) is 4. The molecule has 3 rings (SSSR count). The van der Waals surface area contributed by atoms with Gasteiger partial charge < -0.3 is 9.79 Å². The minimum absolute atomic E-state index is 0. The Morgan fingerprint density at radius 3 is 1.56 bits per heavy atom. The largest absolute Gasteiger partial charge is 0.805 e. The Balaban J connectivity index is 0.000000288. The van der Waals surface area contributed by atoms with Crippen molar-refractivity contribution in [3.63, 3.8) is 0 Å². The molecular weight excluding hydrogens is 393 g/mol. The molecule has 0 atom stereocenters. The van der Waals surface area contributed by atoms with Gasteiger partial charge in [0.15, 0.2) is 11.5 Å². The number of para-hydroxylation sites is 2.